The second-order valence-corrected chi connectivity index (χ2v) is 5.73. The molecule has 120 valence electrons. The van der Waals surface area contributed by atoms with Crippen LogP contribution in [-0.4, -0.2) is 16.0 Å². The summed E-state index contributed by atoms with van der Waals surface area (Å²) < 4.78 is 2.14. The number of hydrogen-bond donors (Lipinski definition) is 0. The van der Waals surface area contributed by atoms with Gasteiger partial charge in [0.2, 0.25) is 0 Å². The molecule has 0 aliphatic rings. The molecule has 3 aromatic rings. The Morgan fingerprint density at radius 3 is 1.38 bits per heavy atom. The van der Waals surface area contributed by atoms with Gasteiger partial charge in [0, 0.05) is 7.05 Å². The van der Waals surface area contributed by atoms with E-state index in [4.69, 9.17) is 9.98 Å². The van der Waals surface area contributed by atoms with Crippen LogP contribution in [0.3, 0.4) is 0 Å². The second kappa shape index (κ2) is 7.09. The lowest BCUT2D eigenvalue weighted by Crippen LogP contribution is -2.08. The van der Waals surface area contributed by atoms with E-state index in [1.165, 1.54) is 0 Å². The molecule has 1 heterocycles. The fourth-order valence-electron chi connectivity index (χ4n) is 2.74. The summed E-state index contributed by atoms with van der Waals surface area (Å²) in [7, 11) is 2.05. The van der Waals surface area contributed by atoms with Crippen LogP contribution in [0.25, 0.3) is 0 Å². The Balaban J connectivity index is 1.91. The zero-order valence-corrected chi connectivity index (χ0v) is 14.3. The lowest BCUT2D eigenvalue weighted by Gasteiger charge is -2.08. The van der Waals surface area contributed by atoms with Gasteiger partial charge in [-0.1, -0.05) is 36.4 Å². The average Bonchev–Trinajstić information content (AvgIpc) is 2.98. The van der Waals surface area contributed by atoms with Gasteiger partial charge in [-0.05, 0) is 50.2 Å². The molecule has 0 unspecified atom stereocenters. The molecule has 0 atom stereocenters. The number of nitrogens with zero attached hydrogens (tertiary/aromatic N) is 3. The topological polar surface area (TPSA) is 29.6 Å². The molecule has 24 heavy (non-hydrogen) atoms. The molecule has 3 rings (SSSR count). The van der Waals surface area contributed by atoms with Gasteiger partial charge in [0.05, 0.1) is 34.2 Å². The van der Waals surface area contributed by atoms with Crippen molar-refractivity contribution in [1.29, 1.82) is 0 Å². The van der Waals surface area contributed by atoms with Gasteiger partial charge in [0.1, 0.15) is 0 Å². The van der Waals surface area contributed by atoms with Crippen molar-refractivity contribution < 1.29 is 0 Å². The highest BCUT2D eigenvalue weighted by atomic mass is 15.0. The Bertz CT molecular complexity index is 799. The minimum absolute atomic E-state index is 0.965. The van der Waals surface area contributed by atoms with Crippen LogP contribution in [0, 0.1) is 0 Å². The van der Waals surface area contributed by atoms with Crippen molar-refractivity contribution >= 4 is 22.8 Å². The van der Waals surface area contributed by atoms with E-state index in [0.29, 0.717) is 0 Å². The number of benzene rings is 2. The Morgan fingerprint density at radius 1 is 0.625 bits per heavy atom. The molecule has 0 radical (unpaired) electrons. The van der Waals surface area contributed by atoms with Crippen LogP contribution in [0.5, 0.6) is 0 Å². The monoisotopic (exact) mass is 315 g/mol. The van der Waals surface area contributed by atoms with Gasteiger partial charge >= 0.3 is 0 Å². The van der Waals surface area contributed by atoms with E-state index < -0.39 is 0 Å². The average molecular weight is 315 g/mol. The van der Waals surface area contributed by atoms with Crippen molar-refractivity contribution in [3.63, 3.8) is 0 Å². The maximum Gasteiger partial charge on any atom is 0.0633 e. The molecule has 0 fully saturated rings. The van der Waals surface area contributed by atoms with Crippen LogP contribution in [0.4, 0.5) is 11.4 Å². The van der Waals surface area contributed by atoms with Crippen molar-refractivity contribution in [3.05, 3.63) is 84.2 Å². The highest BCUT2D eigenvalue weighted by molar-refractivity contribution is 6.03. The fraction of sp³-hybridized carbons (Fsp3) is 0.143. The predicted molar refractivity (Wildman–Crippen MR) is 102 cm³/mol. The van der Waals surface area contributed by atoms with Gasteiger partial charge in [0.25, 0.3) is 0 Å². The SMILES string of the molecule is CC(=Nc1ccccc1)c1ccc(C(C)=Nc2ccccc2)n1C. The van der Waals surface area contributed by atoms with E-state index in [9.17, 15) is 0 Å². The summed E-state index contributed by atoms with van der Waals surface area (Å²) >= 11 is 0. The van der Waals surface area contributed by atoms with Crippen LogP contribution >= 0.6 is 0 Å². The molecule has 0 amide bonds. The smallest absolute Gasteiger partial charge is 0.0633 e. The van der Waals surface area contributed by atoms with E-state index in [2.05, 4.69) is 23.7 Å². The summed E-state index contributed by atoms with van der Waals surface area (Å²) in [6.07, 6.45) is 0. The maximum absolute atomic E-state index is 4.70. The summed E-state index contributed by atoms with van der Waals surface area (Å²) in [4.78, 5) is 9.41. The first kappa shape index (κ1) is 15.9. The number of rotatable bonds is 4. The van der Waals surface area contributed by atoms with Crippen LogP contribution in [0.1, 0.15) is 25.2 Å². The first-order chi connectivity index (χ1) is 11.6. The van der Waals surface area contributed by atoms with E-state index in [1.54, 1.807) is 0 Å². The lowest BCUT2D eigenvalue weighted by molar-refractivity contribution is 0.900. The van der Waals surface area contributed by atoms with E-state index in [1.807, 2.05) is 74.5 Å². The quantitative estimate of drug-likeness (QED) is 0.584. The molecule has 0 spiro atoms. The Hall–Kier alpha value is -2.94. The van der Waals surface area contributed by atoms with E-state index in [-0.39, 0.29) is 0 Å². The molecule has 0 bridgehead atoms. The summed E-state index contributed by atoms with van der Waals surface area (Å²) in [6, 6.07) is 24.2. The first-order valence-corrected chi connectivity index (χ1v) is 8.02. The van der Waals surface area contributed by atoms with Gasteiger partial charge in [-0.25, -0.2) is 0 Å². The minimum atomic E-state index is 0.965. The molecule has 0 saturated heterocycles. The van der Waals surface area contributed by atoms with Crippen molar-refractivity contribution in [2.45, 2.75) is 13.8 Å². The van der Waals surface area contributed by atoms with Crippen molar-refractivity contribution in [2.24, 2.45) is 17.0 Å². The third-order valence-electron chi connectivity index (χ3n) is 3.97. The number of aliphatic imine (C=N–C) groups is 2. The highest BCUT2D eigenvalue weighted by Gasteiger charge is 2.09. The lowest BCUT2D eigenvalue weighted by atomic mass is 10.2. The van der Waals surface area contributed by atoms with Gasteiger partial charge in [-0.3, -0.25) is 9.98 Å². The summed E-state index contributed by atoms with van der Waals surface area (Å²) in [5.74, 6) is 0. The Kier molecular flexibility index (Phi) is 4.71. The zero-order chi connectivity index (χ0) is 16.9. The van der Waals surface area contributed by atoms with E-state index >= 15 is 0 Å². The van der Waals surface area contributed by atoms with Crippen molar-refractivity contribution in [1.82, 2.24) is 4.57 Å². The highest BCUT2D eigenvalue weighted by Crippen LogP contribution is 2.17. The third-order valence-corrected chi connectivity index (χ3v) is 3.97. The van der Waals surface area contributed by atoms with Crippen LogP contribution < -0.4 is 0 Å². The van der Waals surface area contributed by atoms with Crippen molar-refractivity contribution in [3.8, 4) is 0 Å². The van der Waals surface area contributed by atoms with Gasteiger partial charge in [-0.15, -0.1) is 0 Å². The number of aromatic nitrogens is 1. The van der Waals surface area contributed by atoms with E-state index in [0.717, 1.165) is 34.2 Å². The molecule has 0 saturated carbocycles. The maximum atomic E-state index is 4.70. The first-order valence-electron chi connectivity index (χ1n) is 8.02. The Labute approximate surface area is 143 Å². The molecule has 1 aromatic heterocycles. The molecule has 3 heteroatoms. The zero-order valence-electron chi connectivity index (χ0n) is 14.3. The van der Waals surface area contributed by atoms with Gasteiger partial charge in [0.15, 0.2) is 0 Å². The molecule has 0 aliphatic heterocycles. The second-order valence-electron chi connectivity index (χ2n) is 5.73. The van der Waals surface area contributed by atoms with Gasteiger partial charge < -0.3 is 4.57 Å². The van der Waals surface area contributed by atoms with Crippen LogP contribution in [0.2, 0.25) is 0 Å². The van der Waals surface area contributed by atoms with Crippen LogP contribution in [-0.2, 0) is 7.05 Å². The van der Waals surface area contributed by atoms with Crippen LogP contribution in [0.15, 0.2) is 82.8 Å². The summed E-state index contributed by atoms with van der Waals surface area (Å²) in [5.41, 5.74) is 6.10. The largest absolute Gasteiger partial charge is 0.342 e. The van der Waals surface area contributed by atoms with Crippen molar-refractivity contribution in [2.75, 3.05) is 0 Å². The predicted octanol–water partition coefficient (Wildman–Crippen LogP) is 5.31. The number of para-hydroxylation sites is 2. The summed E-state index contributed by atoms with van der Waals surface area (Å²) in [5, 5.41) is 0. The normalized spacial score (nSPS) is 12.5. The summed E-state index contributed by atoms with van der Waals surface area (Å²) in [6.45, 7) is 4.07. The molecular weight excluding hydrogens is 294 g/mol. The number of hydrogen-bond acceptors (Lipinski definition) is 2. The molecule has 0 N–H and O–H groups in total. The molecule has 2 aromatic carbocycles. The molecule has 3 nitrogen and oxygen atoms in total. The fourth-order valence-corrected chi connectivity index (χ4v) is 2.74. The third kappa shape index (κ3) is 3.51. The van der Waals surface area contributed by atoms with Gasteiger partial charge in [-0.2, -0.15) is 0 Å². The standard InChI is InChI=1S/C21H21N3/c1-16(22-18-10-6-4-7-11-18)20-14-15-21(24(20)3)17(2)23-19-12-8-5-9-13-19/h4-15H,1-3H3. The molecular formula is C21H21N3. The minimum Gasteiger partial charge on any atom is -0.342 e. The Morgan fingerprint density at radius 2 is 1.00 bits per heavy atom. The molecule has 0 aliphatic carbocycles.